The molecule has 0 unspecified atom stereocenters. The van der Waals surface area contributed by atoms with Crippen molar-refractivity contribution in [3.8, 4) is 11.3 Å². The maximum atomic E-state index is 10.8. The van der Waals surface area contributed by atoms with Crippen LogP contribution in [0.3, 0.4) is 0 Å². The number of nitrogens with zero attached hydrogens (tertiary/aromatic N) is 5. The Bertz CT molecular complexity index is 1270. The van der Waals surface area contributed by atoms with Gasteiger partial charge in [0.25, 0.3) is 5.69 Å². The number of nitro groups is 1. The quantitative estimate of drug-likeness (QED) is 0.229. The number of anilines is 2. The van der Waals surface area contributed by atoms with Gasteiger partial charge in [-0.15, -0.1) is 0 Å². The third kappa shape index (κ3) is 5.98. The molecule has 1 N–H and O–H groups in total. The van der Waals surface area contributed by atoms with Gasteiger partial charge in [0, 0.05) is 37.5 Å². The standard InChI is InChI=1S/C24H20Cl2N6O2/c25-20-8-6-17(14-21(20)26)16-31(13-12-27-23-9-7-19(15-29-23)32(33)34)24-28-11-10-22(30-24)18-4-2-1-3-5-18/h1-11,14-15H,12-13,16H2,(H,27,29). The Morgan fingerprint density at radius 1 is 0.971 bits per heavy atom. The predicted octanol–water partition coefficient (Wildman–Crippen LogP) is 5.87. The van der Waals surface area contributed by atoms with Gasteiger partial charge < -0.3 is 10.2 Å². The maximum Gasteiger partial charge on any atom is 0.287 e. The summed E-state index contributed by atoms with van der Waals surface area (Å²) < 4.78 is 0. The van der Waals surface area contributed by atoms with E-state index in [-0.39, 0.29) is 5.69 Å². The van der Waals surface area contributed by atoms with E-state index in [4.69, 9.17) is 28.2 Å². The lowest BCUT2D eigenvalue weighted by Crippen LogP contribution is -2.30. The van der Waals surface area contributed by atoms with Gasteiger partial charge in [-0.25, -0.2) is 15.0 Å². The first kappa shape index (κ1) is 23.4. The average molecular weight is 495 g/mol. The van der Waals surface area contributed by atoms with Crippen molar-refractivity contribution in [2.24, 2.45) is 0 Å². The van der Waals surface area contributed by atoms with E-state index in [1.165, 1.54) is 12.3 Å². The van der Waals surface area contributed by atoms with Crippen molar-refractivity contribution in [2.45, 2.75) is 6.54 Å². The van der Waals surface area contributed by atoms with Gasteiger partial charge in [-0.1, -0.05) is 59.6 Å². The fourth-order valence-electron chi connectivity index (χ4n) is 3.30. The number of aromatic nitrogens is 3. The molecule has 8 nitrogen and oxygen atoms in total. The van der Waals surface area contributed by atoms with Gasteiger partial charge in [0.15, 0.2) is 0 Å². The Balaban J connectivity index is 1.54. The maximum absolute atomic E-state index is 10.8. The van der Waals surface area contributed by atoms with Crippen molar-refractivity contribution >= 4 is 40.7 Å². The molecule has 4 aromatic rings. The van der Waals surface area contributed by atoms with Crippen molar-refractivity contribution in [1.82, 2.24) is 15.0 Å². The van der Waals surface area contributed by atoms with Gasteiger partial charge in [-0.05, 0) is 29.8 Å². The van der Waals surface area contributed by atoms with E-state index < -0.39 is 4.92 Å². The van der Waals surface area contributed by atoms with E-state index in [1.54, 1.807) is 18.3 Å². The van der Waals surface area contributed by atoms with Crippen LogP contribution in [-0.2, 0) is 6.54 Å². The molecule has 0 saturated carbocycles. The summed E-state index contributed by atoms with van der Waals surface area (Å²) in [6.45, 7) is 1.55. The minimum atomic E-state index is -0.479. The molecule has 172 valence electrons. The highest BCUT2D eigenvalue weighted by Gasteiger charge is 2.13. The van der Waals surface area contributed by atoms with Crippen LogP contribution in [0.15, 0.2) is 79.1 Å². The molecular weight excluding hydrogens is 475 g/mol. The molecule has 2 heterocycles. The monoisotopic (exact) mass is 494 g/mol. The molecule has 0 amide bonds. The van der Waals surface area contributed by atoms with Gasteiger partial charge in [0.2, 0.25) is 5.95 Å². The van der Waals surface area contributed by atoms with Gasteiger partial charge in [-0.2, -0.15) is 0 Å². The van der Waals surface area contributed by atoms with Crippen LogP contribution in [0.1, 0.15) is 5.56 Å². The number of rotatable bonds is 9. The van der Waals surface area contributed by atoms with Crippen LogP contribution < -0.4 is 10.2 Å². The summed E-state index contributed by atoms with van der Waals surface area (Å²) >= 11 is 12.3. The average Bonchev–Trinajstić information content (AvgIpc) is 2.86. The minimum absolute atomic E-state index is 0.0575. The Labute approximate surface area is 206 Å². The summed E-state index contributed by atoms with van der Waals surface area (Å²) in [5, 5.41) is 15.0. The lowest BCUT2D eigenvalue weighted by molar-refractivity contribution is -0.385. The van der Waals surface area contributed by atoms with Gasteiger partial charge >= 0.3 is 0 Å². The lowest BCUT2D eigenvalue weighted by atomic mass is 10.1. The topological polar surface area (TPSA) is 97.1 Å². The van der Waals surface area contributed by atoms with Crippen LogP contribution in [0.25, 0.3) is 11.3 Å². The zero-order valence-electron chi connectivity index (χ0n) is 17.9. The summed E-state index contributed by atoms with van der Waals surface area (Å²) in [7, 11) is 0. The van der Waals surface area contributed by atoms with Crippen LogP contribution >= 0.6 is 23.2 Å². The second-order valence-electron chi connectivity index (χ2n) is 7.36. The lowest BCUT2D eigenvalue weighted by Gasteiger charge is -2.23. The number of hydrogen-bond donors (Lipinski definition) is 1. The van der Waals surface area contributed by atoms with Crippen LogP contribution in [0, 0.1) is 10.1 Å². The molecule has 0 radical (unpaired) electrons. The first-order valence-electron chi connectivity index (χ1n) is 10.4. The molecule has 2 aromatic heterocycles. The molecule has 2 aromatic carbocycles. The molecule has 0 aliphatic carbocycles. The Hall–Kier alpha value is -3.75. The van der Waals surface area contributed by atoms with Crippen LogP contribution in [0.2, 0.25) is 10.0 Å². The fourth-order valence-corrected chi connectivity index (χ4v) is 3.62. The van der Waals surface area contributed by atoms with Crippen molar-refractivity contribution in [1.29, 1.82) is 0 Å². The van der Waals surface area contributed by atoms with Crippen LogP contribution in [0.4, 0.5) is 17.5 Å². The Morgan fingerprint density at radius 3 is 2.50 bits per heavy atom. The van der Waals surface area contributed by atoms with Crippen LogP contribution in [0.5, 0.6) is 0 Å². The van der Waals surface area contributed by atoms with E-state index in [0.29, 0.717) is 41.4 Å². The summed E-state index contributed by atoms with van der Waals surface area (Å²) in [5.74, 6) is 1.10. The molecule has 0 fully saturated rings. The highest BCUT2D eigenvalue weighted by atomic mass is 35.5. The SMILES string of the molecule is O=[N+]([O-])c1ccc(NCCN(Cc2ccc(Cl)c(Cl)c2)c2nccc(-c3ccccc3)n2)nc1. The first-order chi connectivity index (χ1) is 16.5. The molecule has 0 aliphatic heterocycles. The third-order valence-electron chi connectivity index (χ3n) is 5.00. The summed E-state index contributed by atoms with van der Waals surface area (Å²) in [5.41, 5.74) is 2.71. The minimum Gasteiger partial charge on any atom is -0.368 e. The van der Waals surface area contributed by atoms with Gasteiger partial charge in [0.1, 0.15) is 12.0 Å². The molecule has 0 atom stereocenters. The predicted molar refractivity (Wildman–Crippen MR) is 134 cm³/mol. The molecule has 0 aliphatic rings. The largest absolute Gasteiger partial charge is 0.368 e. The van der Waals surface area contributed by atoms with Crippen molar-refractivity contribution < 1.29 is 4.92 Å². The van der Waals surface area contributed by atoms with E-state index in [2.05, 4.69) is 15.3 Å². The normalized spacial score (nSPS) is 10.6. The third-order valence-corrected chi connectivity index (χ3v) is 5.74. The summed E-state index contributed by atoms with van der Waals surface area (Å²) in [4.78, 5) is 25.7. The fraction of sp³-hybridized carbons (Fsp3) is 0.125. The molecule has 0 spiro atoms. The zero-order valence-corrected chi connectivity index (χ0v) is 19.4. The van der Waals surface area contributed by atoms with Crippen molar-refractivity contribution in [2.75, 3.05) is 23.3 Å². The van der Waals surface area contributed by atoms with E-state index in [0.717, 1.165) is 16.8 Å². The van der Waals surface area contributed by atoms with Gasteiger partial charge in [0.05, 0.1) is 20.7 Å². The second kappa shape index (κ2) is 10.9. The molecule has 4 rings (SSSR count). The molecular formula is C24H20Cl2N6O2. The Kier molecular flexibility index (Phi) is 7.51. The number of hydrogen-bond acceptors (Lipinski definition) is 7. The number of halogens is 2. The van der Waals surface area contributed by atoms with Crippen LogP contribution in [-0.4, -0.2) is 33.0 Å². The van der Waals surface area contributed by atoms with Gasteiger partial charge in [-0.3, -0.25) is 10.1 Å². The smallest absolute Gasteiger partial charge is 0.287 e. The first-order valence-corrected chi connectivity index (χ1v) is 11.2. The number of pyridine rings is 1. The molecule has 10 heteroatoms. The van der Waals surface area contributed by atoms with E-state index >= 15 is 0 Å². The number of benzene rings is 2. The second-order valence-corrected chi connectivity index (χ2v) is 8.18. The Morgan fingerprint density at radius 2 is 1.79 bits per heavy atom. The molecule has 0 bridgehead atoms. The zero-order chi connectivity index (χ0) is 23.9. The summed E-state index contributed by atoms with van der Waals surface area (Å²) in [6, 6.07) is 20.2. The highest BCUT2D eigenvalue weighted by Crippen LogP contribution is 2.25. The molecule has 0 saturated heterocycles. The molecule has 34 heavy (non-hydrogen) atoms. The highest BCUT2D eigenvalue weighted by molar-refractivity contribution is 6.42. The van der Waals surface area contributed by atoms with E-state index in [1.807, 2.05) is 53.4 Å². The van der Waals surface area contributed by atoms with E-state index in [9.17, 15) is 10.1 Å². The van der Waals surface area contributed by atoms with Crippen molar-refractivity contribution in [3.05, 3.63) is 105 Å². The summed E-state index contributed by atoms with van der Waals surface area (Å²) in [6.07, 6.45) is 2.96. The van der Waals surface area contributed by atoms with Crippen molar-refractivity contribution in [3.63, 3.8) is 0 Å². The number of nitrogens with one attached hydrogen (secondary N) is 1.